The zero-order valence-corrected chi connectivity index (χ0v) is 11.5. The van der Waals surface area contributed by atoms with E-state index < -0.39 is 46.3 Å². The first-order valence-electron chi connectivity index (χ1n) is 6.29. The summed E-state index contributed by atoms with van der Waals surface area (Å²) in [5.74, 6) is -5.53. The molecular formula is C15H10N2O8. The maximum absolute atomic E-state index is 12.2. The van der Waals surface area contributed by atoms with E-state index in [4.69, 9.17) is 5.11 Å². The molecule has 0 saturated carbocycles. The van der Waals surface area contributed by atoms with Crippen molar-refractivity contribution >= 4 is 30.0 Å². The highest BCUT2D eigenvalue weighted by molar-refractivity contribution is 6.52. The lowest BCUT2D eigenvalue weighted by atomic mass is 9.89. The molecule has 0 aromatic carbocycles. The second-order valence-electron chi connectivity index (χ2n) is 4.69. The Labute approximate surface area is 139 Å². The van der Waals surface area contributed by atoms with Crippen LogP contribution in [0, 0.1) is 0 Å². The van der Waals surface area contributed by atoms with Crippen molar-refractivity contribution in [2.24, 2.45) is 0 Å². The number of nitrogens with zero attached hydrogens (tertiary/aromatic N) is 1. The van der Waals surface area contributed by atoms with Gasteiger partial charge in [0.15, 0.2) is 0 Å². The number of carboxylic acid groups (broad SMARTS) is 2. The molecule has 1 aliphatic carbocycles. The van der Waals surface area contributed by atoms with Crippen LogP contribution in [0.15, 0.2) is 12.1 Å². The average molecular weight is 346 g/mol. The van der Waals surface area contributed by atoms with Crippen LogP contribution in [0.5, 0.6) is 5.88 Å². The number of carbonyl (C=O) groups excluding carboxylic acids is 3. The van der Waals surface area contributed by atoms with Crippen molar-refractivity contribution in [3.8, 4) is 17.1 Å². The molecule has 0 aliphatic heterocycles. The normalized spacial score (nSPS) is 11.8. The van der Waals surface area contributed by atoms with Crippen molar-refractivity contribution in [1.82, 2.24) is 9.97 Å². The van der Waals surface area contributed by atoms with E-state index in [1.54, 1.807) is 0 Å². The second-order valence-corrected chi connectivity index (χ2v) is 4.69. The molecule has 10 nitrogen and oxygen atoms in total. The van der Waals surface area contributed by atoms with E-state index in [9.17, 15) is 29.1 Å². The number of hydrogen-bond donors (Lipinski definition) is 3. The van der Waals surface area contributed by atoms with Gasteiger partial charge in [0, 0.05) is 11.6 Å². The predicted molar refractivity (Wildman–Crippen MR) is 80.0 cm³/mol. The van der Waals surface area contributed by atoms with Gasteiger partial charge in [0.05, 0.1) is 16.8 Å². The van der Waals surface area contributed by atoms with E-state index in [-0.39, 0.29) is 30.7 Å². The Bertz CT molecular complexity index is 957. The van der Waals surface area contributed by atoms with Crippen LogP contribution in [0.4, 0.5) is 0 Å². The van der Waals surface area contributed by atoms with Crippen molar-refractivity contribution in [2.45, 2.75) is 7.43 Å². The molecule has 2 aromatic rings. The molecule has 0 fully saturated rings. The number of aromatic carboxylic acids is 2. The van der Waals surface area contributed by atoms with E-state index in [0.29, 0.717) is 0 Å². The molecule has 2 heterocycles. The molecule has 0 radical (unpaired) electrons. The lowest BCUT2D eigenvalue weighted by Gasteiger charge is -2.16. The van der Waals surface area contributed by atoms with E-state index >= 15 is 0 Å². The molecule has 2 aromatic heterocycles. The van der Waals surface area contributed by atoms with Crippen molar-refractivity contribution in [1.29, 1.82) is 0 Å². The Balaban J connectivity index is 0.00000225. The molecule has 128 valence electrons. The number of carboxylic acids is 2. The summed E-state index contributed by atoms with van der Waals surface area (Å²) in [4.78, 5) is 63.3. The number of aromatic nitrogens is 2. The monoisotopic (exact) mass is 346 g/mol. The SMILES string of the molecule is C.O=COc1cc(C(=O)O)c2c(n1)C(=O)C(=O)c1cc(C(=O)O)[nH]c1-2. The maximum Gasteiger partial charge on any atom is 0.352 e. The number of H-pyrrole nitrogens is 1. The quantitative estimate of drug-likeness (QED) is 0.541. The minimum Gasteiger partial charge on any atom is -0.478 e. The molecule has 0 amide bonds. The van der Waals surface area contributed by atoms with Gasteiger partial charge in [-0.05, 0) is 6.07 Å². The van der Waals surface area contributed by atoms with Gasteiger partial charge < -0.3 is 19.9 Å². The summed E-state index contributed by atoms with van der Waals surface area (Å²) in [7, 11) is 0. The fourth-order valence-electron chi connectivity index (χ4n) is 2.39. The summed E-state index contributed by atoms with van der Waals surface area (Å²) in [6.07, 6.45) is 0. The Kier molecular flexibility index (Phi) is 4.21. The number of aromatic amines is 1. The third kappa shape index (κ3) is 2.55. The number of Topliss-reactive ketones (excluding diaryl/α,β-unsaturated/α-hetero) is 2. The maximum atomic E-state index is 12.2. The van der Waals surface area contributed by atoms with Crippen molar-refractivity contribution in [3.05, 3.63) is 34.6 Å². The van der Waals surface area contributed by atoms with Crippen LogP contribution < -0.4 is 4.74 Å². The van der Waals surface area contributed by atoms with Gasteiger partial charge in [-0.15, -0.1) is 0 Å². The highest BCUT2D eigenvalue weighted by atomic mass is 16.5. The van der Waals surface area contributed by atoms with Crippen LogP contribution in [0.3, 0.4) is 0 Å². The smallest absolute Gasteiger partial charge is 0.352 e. The van der Waals surface area contributed by atoms with Gasteiger partial charge >= 0.3 is 11.9 Å². The van der Waals surface area contributed by atoms with Gasteiger partial charge in [0.25, 0.3) is 12.3 Å². The van der Waals surface area contributed by atoms with Gasteiger partial charge in [0.1, 0.15) is 11.4 Å². The van der Waals surface area contributed by atoms with Crippen LogP contribution in [0.2, 0.25) is 0 Å². The topological polar surface area (TPSA) is 164 Å². The largest absolute Gasteiger partial charge is 0.478 e. The molecule has 3 N–H and O–H groups in total. The minimum absolute atomic E-state index is 0. The second kappa shape index (κ2) is 6.00. The van der Waals surface area contributed by atoms with Gasteiger partial charge in [-0.25, -0.2) is 14.6 Å². The molecule has 0 bridgehead atoms. The fraction of sp³-hybridized carbons (Fsp3) is 0.0667. The molecule has 0 unspecified atom stereocenters. The number of fused-ring (bicyclic) bond motifs is 3. The predicted octanol–water partition coefficient (Wildman–Crippen LogP) is 1.02. The summed E-state index contributed by atoms with van der Waals surface area (Å²) in [5, 5.41) is 18.3. The summed E-state index contributed by atoms with van der Waals surface area (Å²) in [5.41, 5.74) is -2.06. The number of ketones is 2. The van der Waals surface area contributed by atoms with Crippen LogP contribution in [-0.4, -0.2) is 50.2 Å². The van der Waals surface area contributed by atoms with Crippen LogP contribution in [0.1, 0.15) is 49.1 Å². The van der Waals surface area contributed by atoms with Gasteiger partial charge in [-0.3, -0.25) is 14.4 Å². The van der Waals surface area contributed by atoms with Crippen molar-refractivity contribution in [3.63, 3.8) is 0 Å². The van der Waals surface area contributed by atoms with Crippen LogP contribution in [0.25, 0.3) is 11.3 Å². The Morgan fingerprint density at radius 1 is 1.12 bits per heavy atom. The number of ether oxygens (including phenoxy) is 1. The lowest BCUT2D eigenvalue weighted by Crippen LogP contribution is -2.24. The first-order valence-corrected chi connectivity index (χ1v) is 6.29. The minimum atomic E-state index is -1.48. The highest BCUT2D eigenvalue weighted by Crippen LogP contribution is 2.36. The van der Waals surface area contributed by atoms with Crippen LogP contribution >= 0.6 is 0 Å². The molecular weight excluding hydrogens is 336 g/mol. The average Bonchev–Trinajstić information content (AvgIpc) is 2.97. The standard InChI is InChI=1S/C14H6N2O8.CH4/c17-3-24-7-2-4(13(20)21)8-9-5(1-6(15-9)14(22)23)11(18)12(19)10(8)16-7;/h1-3,15H,(H,20,21)(H,22,23);1H4. The molecule has 0 atom stereocenters. The molecule has 0 saturated heterocycles. The number of carbonyl (C=O) groups is 5. The molecule has 3 rings (SSSR count). The third-order valence-corrected chi connectivity index (χ3v) is 3.36. The molecule has 1 aliphatic rings. The summed E-state index contributed by atoms with van der Waals surface area (Å²) in [6, 6.07) is 1.84. The number of pyridine rings is 1. The molecule has 0 spiro atoms. The van der Waals surface area contributed by atoms with Crippen molar-refractivity contribution in [2.75, 3.05) is 0 Å². The Morgan fingerprint density at radius 3 is 2.36 bits per heavy atom. The molecule has 25 heavy (non-hydrogen) atoms. The number of hydrogen-bond acceptors (Lipinski definition) is 7. The summed E-state index contributed by atoms with van der Waals surface area (Å²) >= 11 is 0. The highest BCUT2D eigenvalue weighted by Gasteiger charge is 2.37. The third-order valence-electron chi connectivity index (χ3n) is 3.36. The van der Waals surface area contributed by atoms with E-state index in [1.165, 1.54) is 0 Å². The lowest BCUT2D eigenvalue weighted by molar-refractivity contribution is -0.120. The first-order chi connectivity index (χ1) is 11.3. The van der Waals surface area contributed by atoms with Gasteiger partial charge in [-0.1, -0.05) is 7.43 Å². The summed E-state index contributed by atoms with van der Waals surface area (Å²) < 4.78 is 4.45. The zero-order valence-electron chi connectivity index (χ0n) is 11.5. The summed E-state index contributed by atoms with van der Waals surface area (Å²) in [6.45, 7) is -0.0158. The molecule has 10 heteroatoms. The number of rotatable bonds is 4. The van der Waals surface area contributed by atoms with E-state index in [2.05, 4.69) is 14.7 Å². The van der Waals surface area contributed by atoms with Crippen molar-refractivity contribution < 1.29 is 38.9 Å². The van der Waals surface area contributed by atoms with E-state index in [1.807, 2.05) is 0 Å². The van der Waals surface area contributed by atoms with E-state index in [0.717, 1.165) is 12.1 Å². The van der Waals surface area contributed by atoms with Gasteiger partial charge in [0.2, 0.25) is 11.7 Å². The van der Waals surface area contributed by atoms with Crippen LogP contribution in [-0.2, 0) is 4.79 Å². The number of nitrogens with one attached hydrogen (secondary N) is 1. The van der Waals surface area contributed by atoms with Gasteiger partial charge in [-0.2, -0.15) is 0 Å². The zero-order chi connectivity index (χ0) is 17.6. The first kappa shape index (κ1) is 17.5. The fourth-order valence-corrected chi connectivity index (χ4v) is 2.39. The Hall–Kier alpha value is -3.82. The Morgan fingerprint density at radius 2 is 1.80 bits per heavy atom.